The molecule has 0 radical (unpaired) electrons. The number of Topliss-reactive ketones (excluding diaryl/α,β-unsaturated/α-hetero) is 1. The van der Waals surface area contributed by atoms with Gasteiger partial charge in [0.25, 0.3) is 0 Å². The van der Waals surface area contributed by atoms with Gasteiger partial charge in [0.2, 0.25) is 0 Å². The van der Waals surface area contributed by atoms with Crippen LogP contribution in [0.5, 0.6) is 0 Å². The van der Waals surface area contributed by atoms with E-state index in [1.165, 1.54) is 6.92 Å². The summed E-state index contributed by atoms with van der Waals surface area (Å²) in [7, 11) is 5.19. The zero-order chi connectivity index (χ0) is 12.4. The van der Waals surface area contributed by atoms with E-state index >= 15 is 0 Å². The van der Waals surface area contributed by atoms with Crippen molar-refractivity contribution in [3.05, 3.63) is 0 Å². The summed E-state index contributed by atoms with van der Waals surface area (Å²) in [5, 5.41) is 17.9. The average molecular weight is 236 g/mol. The number of aliphatic hydroxyl groups is 1. The summed E-state index contributed by atoms with van der Waals surface area (Å²) < 4.78 is 0.187. The standard InChI is InChI=1S/C9H17NO4S/c1-6(11)9(14,5-7(12)13)8(15)10(2,3)4/h8,14H,5H2,1-4H3,(H-,12,13,15)/p+1. The van der Waals surface area contributed by atoms with E-state index in [-0.39, 0.29) is 4.48 Å². The first kappa shape index (κ1) is 14.4. The van der Waals surface area contributed by atoms with E-state index in [0.717, 1.165) is 0 Å². The number of aliphatic carboxylic acids is 1. The van der Waals surface area contributed by atoms with Crippen LogP contribution in [0.15, 0.2) is 0 Å². The first-order valence-corrected chi connectivity index (χ1v) is 4.98. The van der Waals surface area contributed by atoms with Gasteiger partial charge in [-0.1, -0.05) is 0 Å². The second kappa shape index (κ2) is 4.51. The Balaban J connectivity index is 5.12. The first-order chi connectivity index (χ1) is 6.51. The largest absolute Gasteiger partial charge is 0.481 e. The van der Waals surface area contributed by atoms with Crippen molar-refractivity contribution < 1.29 is 24.3 Å². The van der Waals surface area contributed by atoms with E-state index in [4.69, 9.17) is 5.11 Å². The lowest BCUT2D eigenvalue weighted by atomic mass is 9.93. The molecular weight excluding hydrogens is 218 g/mol. The molecule has 5 nitrogen and oxygen atoms in total. The molecule has 0 aliphatic carbocycles. The third-order valence-electron chi connectivity index (χ3n) is 2.19. The number of ketones is 1. The fourth-order valence-corrected chi connectivity index (χ4v) is 1.54. The molecule has 0 aromatic heterocycles. The van der Waals surface area contributed by atoms with Crippen molar-refractivity contribution in [3.8, 4) is 0 Å². The van der Waals surface area contributed by atoms with Crippen LogP contribution in [-0.2, 0) is 9.59 Å². The van der Waals surface area contributed by atoms with Gasteiger partial charge in [-0.05, 0) is 6.92 Å². The minimum atomic E-state index is -1.94. The monoisotopic (exact) mass is 236 g/mol. The van der Waals surface area contributed by atoms with Crippen LogP contribution in [0.2, 0.25) is 0 Å². The SMILES string of the molecule is CC(=O)C(O)(CC(=O)O)C(S)[N+](C)(C)C. The van der Waals surface area contributed by atoms with Crippen LogP contribution in [0, 0.1) is 0 Å². The van der Waals surface area contributed by atoms with Crippen molar-refractivity contribution in [3.63, 3.8) is 0 Å². The molecule has 0 aliphatic heterocycles. The van der Waals surface area contributed by atoms with Gasteiger partial charge in [-0.15, -0.1) is 12.6 Å². The van der Waals surface area contributed by atoms with Gasteiger partial charge >= 0.3 is 5.97 Å². The van der Waals surface area contributed by atoms with Crippen LogP contribution >= 0.6 is 12.6 Å². The van der Waals surface area contributed by atoms with Gasteiger partial charge in [-0.2, -0.15) is 0 Å². The molecule has 0 aliphatic rings. The minimum absolute atomic E-state index is 0.187. The van der Waals surface area contributed by atoms with Crippen LogP contribution in [0.25, 0.3) is 0 Å². The Bertz CT molecular complexity index is 274. The zero-order valence-electron chi connectivity index (χ0n) is 9.39. The molecule has 0 aromatic carbocycles. The molecule has 0 heterocycles. The zero-order valence-corrected chi connectivity index (χ0v) is 10.3. The molecule has 0 amide bonds. The maximum absolute atomic E-state index is 11.3. The summed E-state index contributed by atoms with van der Waals surface area (Å²) in [5.74, 6) is -1.81. The van der Waals surface area contributed by atoms with E-state index in [0.29, 0.717) is 0 Å². The molecule has 0 bridgehead atoms. The summed E-state index contributed by atoms with van der Waals surface area (Å²) in [6.07, 6.45) is -0.633. The highest BCUT2D eigenvalue weighted by molar-refractivity contribution is 7.80. The quantitative estimate of drug-likeness (QED) is 0.349. The predicted molar refractivity (Wildman–Crippen MR) is 58.7 cm³/mol. The van der Waals surface area contributed by atoms with Gasteiger partial charge in [-0.25, -0.2) is 0 Å². The highest BCUT2D eigenvalue weighted by atomic mass is 32.1. The molecule has 88 valence electrons. The normalized spacial score (nSPS) is 18.0. The predicted octanol–water partition coefficient (Wildman–Crippen LogP) is -0.257. The fraction of sp³-hybridized carbons (Fsp3) is 0.778. The first-order valence-electron chi connectivity index (χ1n) is 4.46. The number of thiol groups is 1. The summed E-state index contributed by atoms with van der Waals surface area (Å²) in [4.78, 5) is 21.9. The lowest BCUT2D eigenvalue weighted by molar-refractivity contribution is -0.885. The minimum Gasteiger partial charge on any atom is -0.481 e. The van der Waals surface area contributed by atoms with Gasteiger partial charge in [0.05, 0.1) is 27.6 Å². The topological polar surface area (TPSA) is 74.6 Å². The Labute approximate surface area is 94.7 Å². The number of carbonyl (C=O) groups is 2. The van der Waals surface area contributed by atoms with E-state index in [1.54, 1.807) is 21.1 Å². The van der Waals surface area contributed by atoms with E-state index < -0.39 is 29.1 Å². The van der Waals surface area contributed by atoms with Gasteiger partial charge < -0.3 is 14.7 Å². The molecule has 0 saturated heterocycles. The number of carboxylic acids is 1. The summed E-state index contributed by atoms with van der Waals surface area (Å²) >= 11 is 4.14. The number of nitrogens with zero attached hydrogens (tertiary/aromatic N) is 1. The maximum atomic E-state index is 11.3. The third-order valence-corrected chi connectivity index (χ3v) is 3.31. The number of likely N-dealkylation sites (N-methyl/N-ethyl adjacent to an activating group) is 1. The highest BCUT2D eigenvalue weighted by Crippen LogP contribution is 2.26. The molecule has 0 spiro atoms. The van der Waals surface area contributed by atoms with Crippen LogP contribution in [0.4, 0.5) is 0 Å². The molecule has 2 atom stereocenters. The Morgan fingerprint density at radius 1 is 1.40 bits per heavy atom. The maximum Gasteiger partial charge on any atom is 0.307 e. The van der Waals surface area contributed by atoms with E-state index in [1.807, 2.05) is 0 Å². The molecule has 0 saturated carbocycles. The molecular formula is C9H18NO4S+. The average Bonchev–Trinajstić information content (AvgIpc) is 1.99. The lowest BCUT2D eigenvalue weighted by Gasteiger charge is -2.39. The van der Waals surface area contributed by atoms with Gasteiger partial charge in [0, 0.05) is 0 Å². The summed E-state index contributed by atoms with van der Waals surface area (Å²) in [6, 6.07) is 0. The van der Waals surface area contributed by atoms with E-state index in [2.05, 4.69) is 12.6 Å². The van der Waals surface area contributed by atoms with Crippen molar-refractivity contribution in [2.24, 2.45) is 0 Å². The lowest BCUT2D eigenvalue weighted by Crippen LogP contribution is -2.60. The molecule has 2 unspecified atom stereocenters. The number of carbonyl (C=O) groups excluding carboxylic acids is 1. The van der Waals surface area contributed by atoms with E-state index in [9.17, 15) is 14.7 Å². The molecule has 0 rings (SSSR count). The summed E-state index contributed by atoms with van der Waals surface area (Å²) in [5.41, 5.74) is -1.94. The van der Waals surface area contributed by atoms with Crippen LogP contribution < -0.4 is 0 Å². The van der Waals surface area contributed by atoms with Crippen molar-refractivity contribution >= 4 is 24.4 Å². The Morgan fingerprint density at radius 3 is 2.00 bits per heavy atom. The molecule has 2 N–H and O–H groups in total. The Morgan fingerprint density at radius 2 is 1.80 bits per heavy atom. The van der Waals surface area contributed by atoms with Crippen molar-refractivity contribution in [2.75, 3.05) is 21.1 Å². The molecule has 6 heteroatoms. The second-order valence-electron chi connectivity index (χ2n) is 4.54. The number of rotatable bonds is 5. The smallest absolute Gasteiger partial charge is 0.307 e. The van der Waals surface area contributed by atoms with Crippen molar-refractivity contribution in [1.82, 2.24) is 0 Å². The third kappa shape index (κ3) is 3.48. The number of hydrogen-bond donors (Lipinski definition) is 3. The second-order valence-corrected chi connectivity index (χ2v) is 5.03. The van der Waals surface area contributed by atoms with Gasteiger partial charge in [-0.3, -0.25) is 9.59 Å². The fourth-order valence-electron chi connectivity index (χ4n) is 1.27. The van der Waals surface area contributed by atoms with Gasteiger partial charge in [0.1, 0.15) is 0 Å². The Kier molecular flexibility index (Phi) is 4.33. The van der Waals surface area contributed by atoms with Crippen molar-refractivity contribution in [1.29, 1.82) is 0 Å². The van der Waals surface area contributed by atoms with Crippen molar-refractivity contribution in [2.45, 2.75) is 24.3 Å². The number of hydrogen-bond acceptors (Lipinski definition) is 4. The number of carboxylic acid groups (broad SMARTS) is 1. The molecule has 0 fully saturated rings. The van der Waals surface area contributed by atoms with Crippen LogP contribution in [-0.4, -0.2) is 58.6 Å². The van der Waals surface area contributed by atoms with Crippen LogP contribution in [0.3, 0.4) is 0 Å². The molecule has 15 heavy (non-hydrogen) atoms. The number of quaternary nitrogens is 1. The molecule has 0 aromatic rings. The highest BCUT2D eigenvalue weighted by Gasteiger charge is 2.48. The van der Waals surface area contributed by atoms with Crippen LogP contribution in [0.1, 0.15) is 13.3 Å². The Hall–Kier alpha value is -0.590. The summed E-state index contributed by atoms with van der Waals surface area (Å²) in [6.45, 7) is 1.17. The van der Waals surface area contributed by atoms with Gasteiger partial charge in [0.15, 0.2) is 16.8 Å².